The van der Waals surface area contributed by atoms with Crippen molar-refractivity contribution in [1.29, 1.82) is 0 Å². The molecule has 2 heterocycles. The third kappa shape index (κ3) is 3.19. The summed E-state index contributed by atoms with van der Waals surface area (Å²) in [5.41, 5.74) is 6.88. The minimum Gasteiger partial charge on any atom is -0.459 e. The highest BCUT2D eigenvalue weighted by molar-refractivity contribution is 7.08. The van der Waals surface area contributed by atoms with Crippen LogP contribution in [0.15, 0.2) is 0 Å². The second-order valence-electron chi connectivity index (χ2n) is 4.82. The van der Waals surface area contributed by atoms with Gasteiger partial charge in [-0.15, -0.1) is 0 Å². The molecule has 9 heteroatoms. The van der Waals surface area contributed by atoms with E-state index in [1.165, 1.54) is 4.90 Å². The Morgan fingerprint density at radius 2 is 1.82 bits per heavy atom. The predicted octanol–water partition coefficient (Wildman–Crippen LogP) is -0.119. The van der Waals surface area contributed by atoms with Crippen molar-refractivity contribution in [2.75, 3.05) is 38.5 Å². The highest BCUT2D eigenvalue weighted by Gasteiger charge is 2.30. The van der Waals surface area contributed by atoms with Gasteiger partial charge < -0.3 is 20.3 Å². The van der Waals surface area contributed by atoms with Crippen LogP contribution >= 0.6 is 11.5 Å². The van der Waals surface area contributed by atoms with E-state index in [0.717, 1.165) is 11.5 Å². The normalized spacial score (nSPS) is 14.8. The quantitative estimate of drug-likeness (QED) is 0.600. The first-order valence-corrected chi connectivity index (χ1v) is 7.70. The van der Waals surface area contributed by atoms with Crippen LogP contribution in [0.25, 0.3) is 0 Å². The summed E-state index contributed by atoms with van der Waals surface area (Å²) in [6, 6.07) is 0. The van der Waals surface area contributed by atoms with E-state index in [2.05, 4.69) is 9.11 Å². The third-order valence-corrected chi connectivity index (χ3v) is 4.35. The van der Waals surface area contributed by atoms with Crippen molar-refractivity contribution < 1.29 is 19.1 Å². The molecule has 1 aromatic heterocycles. The molecule has 0 aromatic carbocycles. The van der Waals surface area contributed by atoms with Crippen molar-refractivity contribution in [3.8, 4) is 0 Å². The molecule has 22 heavy (non-hydrogen) atoms. The van der Waals surface area contributed by atoms with Gasteiger partial charge >= 0.3 is 11.9 Å². The summed E-state index contributed by atoms with van der Waals surface area (Å²) in [7, 11) is 0. The number of carbonyl (C=O) groups is 3. The summed E-state index contributed by atoms with van der Waals surface area (Å²) in [6.07, 6.45) is 0. The maximum absolute atomic E-state index is 12.4. The molecule has 0 atom stereocenters. The molecular weight excluding hydrogens is 308 g/mol. The van der Waals surface area contributed by atoms with Crippen LogP contribution in [0.2, 0.25) is 0 Å². The summed E-state index contributed by atoms with van der Waals surface area (Å²) in [5.74, 6) is -1.71. The molecule has 0 radical (unpaired) electrons. The Morgan fingerprint density at radius 3 is 2.32 bits per heavy atom. The Morgan fingerprint density at radius 1 is 1.23 bits per heavy atom. The van der Waals surface area contributed by atoms with Gasteiger partial charge in [-0.05, 0) is 25.4 Å². The molecule has 8 nitrogen and oxygen atoms in total. The van der Waals surface area contributed by atoms with Gasteiger partial charge in [-0.2, -0.15) is 4.37 Å². The number of amides is 2. The maximum Gasteiger partial charge on any atom is 0.397 e. The highest BCUT2D eigenvalue weighted by atomic mass is 32.1. The zero-order chi connectivity index (χ0) is 16.3. The first-order valence-electron chi connectivity index (χ1n) is 6.92. The summed E-state index contributed by atoms with van der Waals surface area (Å²) in [6.45, 7) is 4.83. The van der Waals surface area contributed by atoms with Gasteiger partial charge in [-0.25, -0.2) is 4.79 Å². The zero-order valence-electron chi connectivity index (χ0n) is 12.5. The average molecular weight is 326 g/mol. The van der Waals surface area contributed by atoms with Crippen LogP contribution in [0.3, 0.4) is 0 Å². The van der Waals surface area contributed by atoms with Gasteiger partial charge in [0.15, 0.2) is 0 Å². The number of nitrogens with two attached hydrogens (primary N) is 1. The molecule has 120 valence electrons. The van der Waals surface area contributed by atoms with Gasteiger partial charge in [0.05, 0.1) is 18.0 Å². The Bertz CT molecular complexity index is 593. The molecule has 2 amide bonds. The molecule has 0 bridgehead atoms. The van der Waals surface area contributed by atoms with E-state index in [1.807, 2.05) is 0 Å². The summed E-state index contributed by atoms with van der Waals surface area (Å²) >= 11 is 1.08. The van der Waals surface area contributed by atoms with Gasteiger partial charge in [-0.3, -0.25) is 9.59 Å². The Hall–Kier alpha value is -2.16. The molecule has 2 rings (SSSR count). The fourth-order valence-corrected chi connectivity index (χ4v) is 2.89. The van der Waals surface area contributed by atoms with Gasteiger partial charge in [0.2, 0.25) is 0 Å². The number of nitrogens with zero attached hydrogens (tertiary/aromatic N) is 3. The number of rotatable bonds is 2. The zero-order valence-corrected chi connectivity index (χ0v) is 13.3. The van der Waals surface area contributed by atoms with Crippen molar-refractivity contribution in [2.24, 2.45) is 0 Å². The fourth-order valence-electron chi connectivity index (χ4n) is 2.11. The summed E-state index contributed by atoms with van der Waals surface area (Å²) < 4.78 is 8.75. The summed E-state index contributed by atoms with van der Waals surface area (Å²) in [5, 5.41) is 0. The third-order valence-electron chi connectivity index (χ3n) is 3.41. The van der Waals surface area contributed by atoms with Crippen LogP contribution in [-0.2, 0) is 14.3 Å². The van der Waals surface area contributed by atoms with E-state index < -0.39 is 11.9 Å². The molecular formula is C13H18N4O4S. The van der Waals surface area contributed by atoms with Crippen molar-refractivity contribution >= 4 is 35.0 Å². The number of ether oxygens (including phenoxy) is 1. The maximum atomic E-state index is 12.4. The highest BCUT2D eigenvalue weighted by Crippen LogP contribution is 2.23. The van der Waals surface area contributed by atoms with Gasteiger partial charge in [0.25, 0.3) is 5.91 Å². The van der Waals surface area contributed by atoms with Crippen molar-refractivity contribution in [1.82, 2.24) is 14.2 Å². The van der Waals surface area contributed by atoms with E-state index in [0.29, 0.717) is 42.4 Å². The topological polar surface area (TPSA) is 106 Å². The molecule has 1 aromatic rings. The number of aryl methyl sites for hydroxylation is 1. The largest absolute Gasteiger partial charge is 0.459 e. The summed E-state index contributed by atoms with van der Waals surface area (Å²) in [4.78, 5) is 39.0. The number of piperazine rings is 1. The van der Waals surface area contributed by atoms with Crippen molar-refractivity contribution in [3.63, 3.8) is 0 Å². The molecule has 1 aliphatic rings. The average Bonchev–Trinajstić information content (AvgIpc) is 2.86. The fraction of sp³-hybridized carbons (Fsp3) is 0.538. The van der Waals surface area contributed by atoms with Crippen LogP contribution in [0, 0.1) is 6.92 Å². The lowest BCUT2D eigenvalue weighted by molar-refractivity contribution is -0.160. The monoisotopic (exact) mass is 326 g/mol. The first kappa shape index (κ1) is 16.2. The van der Waals surface area contributed by atoms with Gasteiger partial charge in [0.1, 0.15) is 4.88 Å². The second-order valence-corrected chi connectivity index (χ2v) is 5.59. The number of hydrogen-bond acceptors (Lipinski definition) is 7. The minimum atomic E-state index is -0.857. The van der Waals surface area contributed by atoms with E-state index in [4.69, 9.17) is 5.73 Å². The Kier molecular flexibility index (Phi) is 4.96. The van der Waals surface area contributed by atoms with Gasteiger partial charge in [-0.1, -0.05) is 0 Å². The Labute approximate surface area is 132 Å². The lowest BCUT2D eigenvalue weighted by Crippen LogP contribution is -2.52. The Balaban J connectivity index is 1.95. The molecule has 0 spiro atoms. The molecule has 1 saturated heterocycles. The standard InChI is InChI=1S/C13H18N4O4S/c1-3-21-13(20)12(19)17-6-4-16(5-7-17)11(18)10-9(14)8(2)15-22-10/h3-7,14H2,1-2H3. The van der Waals surface area contributed by atoms with Crippen LogP contribution in [0.5, 0.6) is 0 Å². The van der Waals surface area contributed by atoms with Crippen LogP contribution < -0.4 is 5.73 Å². The van der Waals surface area contributed by atoms with E-state index in [-0.39, 0.29) is 12.5 Å². The minimum absolute atomic E-state index is 0.160. The van der Waals surface area contributed by atoms with Crippen LogP contribution in [0.1, 0.15) is 22.3 Å². The van der Waals surface area contributed by atoms with Crippen molar-refractivity contribution in [3.05, 3.63) is 10.6 Å². The number of anilines is 1. The van der Waals surface area contributed by atoms with E-state index >= 15 is 0 Å². The number of carbonyl (C=O) groups excluding carboxylic acids is 3. The number of nitrogen functional groups attached to an aromatic ring is 1. The van der Waals surface area contributed by atoms with Crippen LogP contribution in [0.4, 0.5) is 5.69 Å². The number of aromatic nitrogens is 1. The van der Waals surface area contributed by atoms with Crippen molar-refractivity contribution in [2.45, 2.75) is 13.8 Å². The van der Waals surface area contributed by atoms with E-state index in [1.54, 1.807) is 18.7 Å². The SMILES string of the molecule is CCOC(=O)C(=O)N1CCN(C(=O)c2snc(C)c2N)CC1. The molecule has 2 N–H and O–H groups in total. The van der Waals surface area contributed by atoms with Crippen LogP contribution in [-0.4, -0.2) is 64.7 Å². The molecule has 0 saturated carbocycles. The number of hydrogen-bond donors (Lipinski definition) is 1. The molecule has 0 unspecified atom stereocenters. The molecule has 0 aliphatic carbocycles. The van der Waals surface area contributed by atoms with E-state index in [9.17, 15) is 14.4 Å². The van der Waals surface area contributed by atoms with Gasteiger partial charge in [0, 0.05) is 26.2 Å². The lowest BCUT2D eigenvalue weighted by atomic mass is 10.2. The lowest BCUT2D eigenvalue weighted by Gasteiger charge is -2.33. The first-order chi connectivity index (χ1) is 10.5. The second kappa shape index (κ2) is 6.73. The predicted molar refractivity (Wildman–Crippen MR) is 80.4 cm³/mol. The number of esters is 1. The molecule has 1 fully saturated rings. The molecule has 1 aliphatic heterocycles. The smallest absolute Gasteiger partial charge is 0.397 e.